The van der Waals surface area contributed by atoms with E-state index in [1.807, 2.05) is 24.1 Å². The maximum Gasteiger partial charge on any atom is 0.0513 e. The summed E-state index contributed by atoms with van der Waals surface area (Å²) in [6.45, 7) is 4.52. The Hall–Kier alpha value is -1.16. The summed E-state index contributed by atoms with van der Waals surface area (Å²) in [6.07, 6.45) is 1.22. The first-order valence-corrected chi connectivity index (χ1v) is 9.29. The summed E-state index contributed by atoms with van der Waals surface area (Å²) in [6, 6.07) is 15.7. The zero-order valence-electron chi connectivity index (χ0n) is 13.5. The van der Waals surface area contributed by atoms with Gasteiger partial charge in [0.1, 0.15) is 0 Å². The van der Waals surface area contributed by atoms with Gasteiger partial charge in [-0.05, 0) is 74.8 Å². The van der Waals surface area contributed by atoms with Gasteiger partial charge < -0.3 is 9.21 Å². The van der Waals surface area contributed by atoms with Crippen LogP contribution in [0.25, 0.3) is 0 Å². The molecule has 0 unspecified atom stereocenters. The van der Waals surface area contributed by atoms with Crippen LogP contribution in [0.1, 0.15) is 23.5 Å². The Bertz CT molecular complexity index is 716. The number of halogens is 1. The van der Waals surface area contributed by atoms with Crippen LogP contribution in [0, 0.1) is 6.92 Å². The Kier molecular flexibility index (Phi) is 4.04. The molecular weight excluding hydrogens is 324 g/mol. The van der Waals surface area contributed by atoms with Gasteiger partial charge in [0.15, 0.2) is 0 Å². The molecule has 2 aromatic carbocycles. The Morgan fingerprint density at radius 2 is 1.91 bits per heavy atom. The van der Waals surface area contributed by atoms with E-state index in [9.17, 15) is 0 Å². The van der Waals surface area contributed by atoms with Crippen LogP contribution in [0.2, 0.25) is 5.02 Å². The monoisotopic (exact) mass is 344 g/mol. The fraction of sp³-hybridized carbons (Fsp3) is 0.368. The van der Waals surface area contributed by atoms with Crippen molar-refractivity contribution in [1.82, 2.24) is 4.90 Å². The highest BCUT2D eigenvalue weighted by atomic mass is 35.5. The predicted molar refractivity (Wildman–Crippen MR) is 99.6 cm³/mol. The molecule has 23 heavy (non-hydrogen) atoms. The Balaban J connectivity index is 1.70. The molecule has 1 saturated heterocycles. The Morgan fingerprint density at radius 3 is 2.70 bits per heavy atom. The van der Waals surface area contributed by atoms with E-state index in [0.29, 0.717) is 12.0 Å². The normalized spacial score (nSPS) is 23.7. The van der Waals surface area contributed by atoms with Gasteiger partial charge in [0.05, 0.1) is 11.7 Å². The van der Waals surface area contributed by atoms with Crippen molar-refractivity contribution in [1.29, 1.82) is 0 Å². The zero-order valence-corrected chi connectivity index (χ0v) is 15.1. The van der Waals surface area contributed by atoms with Crippen molar-refractivity contribution in [2.45, 2.75) is 30.2 Å². The molecule has 0 amide bonds. The number of likely N-dealkylation sites (N-methyl/N-ethyl adjacent to an activating group) is 1. The first-order chi connectivity index (χ1) is 11.1. The second kappa shape index (κ2) is 6.04. The molecule has 0 radical (unpaired) electrons. The van der Waals surface area contributed by atoms with E-state index in [-0.39, 0.29) is 0 Å². The van der Waals surface area contributed by atoms with Crippen molar-refractivity contribution in [3.8, 4) is 0 Å². The smallest absolute Gasteiger partial charge is 0.0513 e. The molecule has 2 atom stereocenters. The maximum atomic E-state index is 6.03. The van der Waals surface area contributed by atoms with Gasteiger partial charge in [-0.25, -0.2) is 0 Å². The number of fused-ring (bicyclic) bond motifs is 3. The van der Waals surface area contributed by atoms with Gasteiger partial charge >= 0.3 is 0 Å². The third-order valence-corrected chi connectivity index (χ3v) is 6.32. The summed E-state index contributed by atoms with van der Waals surface area (Å²) in [7, 11) is 2.24. The van der Waals surface area contributed by atoms with Gasteiger partial charge in [-0.1, -0.05) is 29.3 Å². The maximum absolute atomic E-state index is 6.03. The average molecular weight is 345 g/mol. The standard InChI is InChI=1S/C19H21ClN2S/c1-13-3-8-18-16(11-13)17-12-21(2)10-9-19(17)22(18)23-15-6-4-14(20)5-7-15/h3-8,11,17,19H,9-10,12H2,1-2H3/t17-,19+/m1/s1. The molecule has 2 aromatic rings. The number of nitrogens with zero attached hydrogens (tertiary/aromatic N) is 2. The number of aryl methyl sites for hydroxylation is 1. The van der Waals surface area contributed by atoms with Crippen LogP contribution >= 0.6 is 23.5 Å². The van der Waals surface area contributed by atoms with E-state index >= 15 is 0 Å². The van der Waals surface area contributed by atoms with E-state index in [1.165, 1.54) is 34.7 Å². The zero-order chi connectivity index (χ0) is 16.0. The molecule has 0 spiro atoms. The summed E-state index contributed by atoms with van der Waals surface area (Å²) in [4.78, 5) is 3.71. The Morgan fingerprint density at radius 1 is 1.13 bits per heavy atom. The van der Waals surface area contributed by atoms with Crippen LogP contribution in [0.4, 0.5) is 5.69 Å². The molecule has 0 saturated carbocycles. The summed E-state index contributed by atoms with van der Waals surface area (Å²) in [5.74, 6) is 0.614. The van der Waals surface area contributed by atoms with Crippen LogP contribution in [0.3, 0.4) is 0 Å². The van der Waals surface area contributed by atoms with E-state index in [0.717, 1.165) is 11.6 Å². The number of benzene rings is 2. The van der Waals surface area contributed by atoms with Gasteiger partial charge in [-0.15, -0.1) is 0 Å². The summed E-state index contributed by atoms with van der Waals surface area (Å²) in [5, 5.41) is 0.795. The minimum atomic E-state index is 0.587. The van der Waals surface area contributed by atoms with Crippen LogP contribution < -0.4 is 4.31 Å². The summed E-state index contributed by atoms with van der Waals surface area (Å²) in [5.41, 5.74) is 4.26. The number of likely N-dealkylation sites (tertiary alicyclic amines) is 1. The number of rotatable bonds is 2. The SMILES string of the molecule is Cc1ccc2c(c1)[C@H]1CN(C)CC[C@@H]1N2Sc1ccc(Cl)cc1. The van der Waals surface area contributed by atoms with E-state index in [1.54, 1.807) is 0 Å². The number of anilines is 1. The molecule has 120 valence electrons. The molecule has 0 bridgehead atoms. The number of hydrogen-bond acceptors (Lipinski definition) is 3. The largest absolute Gasteiger partial charge is 0.308 e. The lowest BCUT2D eigenvalue weighted by atomic mass is 9.89. The van der Waals surface area contributed by atoms with Crippen molar-refractivity contribution in [2.24, 2.45) is 0 Å². The fourth-order valence-corrected chi connectivity index (χ4v) is 5.03. The van der Waals surface area contributed by atoms with Crippen molar-refractivity contribution >= 4 is 29.2 Å². The second-order valence-corrected chi connectivity index (χ2v) is 8.14. The van der Waals surface area contributed by atoms with Crippen molar-refractivity contribution in [3.63, 3.8) is 0 Å². The highest BCUT2D eigenvalue weighted by Gasteiger charge is 2.41. The molecule has 0 aliphatic carbocycles. The topological polar surface area (TPSA) is 6.48 Å². The molecule has 2 heterocycles. The first kappa shape index (κ1) is 15.4. The van der Waals surface area contributed by atoms with Crippen LogP contribution in [-0.2, 0) is 0 Å². The lowest BCUT2D eigenvalue weighted by molar-refractivity contribution is 0.238. The molecule has 2 aliphatic rings. The number of piperidine rings is 1. The van der Waals surface area contributed by atoms with E-state index in [4.69, 9.17) is 11.6 Å². The molecule has 2 nitrogen and oxygen atoms in total. The first-order valence-electron chi connectivity index (χ1n) is 8.14. The molecule has 4 heteroatoms. The minimum absolute atomic E-state index is 0.587. The highest BCUT2D eigenvalue weighted by molar-refractivity contribution is 8.00. The van der Waals surface area contributed by atoms with Gasteiger partial charge in [-0.3, -0.25) is 0 Å². The van der Waals surface area contributed by atoms with Crippen molar-refractivity contribution in [2.75, 3.05) is 24.4 Å². The van der Waals surface area contributed by atoms with Crippen LogP contribution in [0.15, 0.2) is 47.4 Å². The van der Waals surface area contributed by atoms with Gasteiger partial charge in [0.2, 0.25) is 0 Å². The second-order valence-electron chi connectivity index (χ2n) is 6.66. The van der Waals surface area contributed by atoms with Crippen LogP contribution in [0.5, 0.6) is 0 Å². The van der Waals surface area contributed by atoms with Gasteiger partial charge in [0.25, 0.3) is 0 Å². The van der Waals surface area contributed by atoms with Crippen LogP contribution in [-0.4, -0.2) is 31.1 Å². The third-order valence-electron chi connectivity index (χ3n) is 4.92. The molecule has 0 N–H and O–H groups in total. The fourth-order valence-electron chi connectivity index (χ4n) is 3.77. The predicted octanol–water partition coefficient (Wildman–Crippen LogP) is 4.96. The average Bonchev–Trinajstić information content (AvgIpc) is 2.82. The lowest BCUT2D eigenvalue weighted by Crippen LogP contribution is -2.42. The molecule has 4 rings (SSSR count). The van der Waals surface area contributed by atoms with E-state index < -0.39 is 0 Å². The third kappa shape index (κ3) is 2.86. The molecule has 1 fully saturated rings. The van der Waals surface area contributed by atoms with Crippen molar-refractivity contribution < 1.29 is 0 Å². The highest BCUT2D eigenvalue weighted by Crippen LogP contribution is 2.49. The molecular formula is C19H21ClN2S. The van der Waals surface area contributed by atoms with Crippen molar-refractivity contribution in [3.05, 3.63) is 58.6 Å². The lowest BCUT2D eigenvalue weighted by Gasteiger charge is -2.36. The summed E-state index contributed by atoms with van der Waals surface area (Å²) >= 11 is 7.88. The Labute approximate surface area is 147 Å². The molecule has 2 aliphatic heterocycles. The number of hydrogen-bond donors (Lipinski definition) is 0. The van der Waals surface area contributed by atoms with E-state index in [2.05, 4.69) is 53.5 Å². The minimum Gasteiger partial charge on any atom is -0.308 e. The quantitative estimate of drug-likeness (QED) is 0.711. The van der Waals surface area contributed by atoms with Gasteiger partial charge in [0, 0.05) is 22.4 Å². The van der Waals surface area contributed by atoms with Gasteiger partial charge in [-0.2, -0.15) is 0 Å². The summed E-state index contributed by atoms with van der Waals surface area (Å²) < 4.78 is 2.54. The molecule has 0 aromatic heterocycles.